The van der Waals surface area contributed by atoms with E-state index < -0.39 is 0 Å². The van der Waals surface area contributed by atoms with Gasteiger partial charge in [-0.15, -0.1) is 0 Å². The van der Waals surface area contributed by atoms with Gasteiger partial charge in [0, 0.05) is 18.8 Å². The number of aliphatic hydroxyl groups excluding tert-OH is 1. The van der Waals surface area contributed by atoms with Crippen molar-refractivity contribution < 1.29 is 14.6 Å². The third-order valence-corrected chi connectivity index (χ3v) is 4.64. The van der Waals surface area contributed by atoms with Crippen LogP contribution in [0.4, 0.5) is 0 Å². The van der Waals surface area contributed by atoms with E-state index in [0.29, 0.717) is 25.9 Å². The molecule has 1 unspecified atom stereocenters. The second kappa shape index (κ2) is 10.2. The SMILES string of the molecule is Cc1cc(C(C)(C)C)ccc1OCCCC(=O)NC(CO)Cc1cccnc1. The summed E-state index contributed by atoms with van der Waals surface area (Å²) in [4.78, 5) is 16.2. The summed E-state index contributed by atoms with van der Waals surface area (Å²) in [7, 11) is 0. The number of nitrogens with zero attached hydrogens (tertiary/aromatic N) is 1. The van der Waals surface area contributed by atoms with Gasteiger partial charge in [0.1, 0.15) is 5.75 Å². The molecule has 0 saturated carbocycles. The number of carbonyl (C=O) groups excluding carboxylic acids is 1. The van der Waals surface area contributed by atoms with Gasteiger partial charge in [0.25, 0.3) is 0 Å². The molecule has 0 aliphatic rings. The molecule has 0 bridgehead atoms. The molecule has 0 spiro atoms. The van der Waals surface area contributed by atoms with Crippen molar-refractivity contribution in [3.63, 3.8) is 0 Å². The fraction of sp³-hybridized carbons (Fsp3) is 0.478. The molecular formula is C23H32N2O3. The molecule has 1 heterocycles. The van der Waals surface area contributed by atoms with Crippen molar-refractivity contribution in [1.82, 2.24) is 10.3 Å². The third kappa shape index (κ3) is 6.97. The highest BCUT2D eigenvalue weighted by Crippen LogP contribution is 2.27. The maximum atomic E-state index is 12.1. The van der Waals surface area contributed by atoms with Gasteiger partial charge in [0.2, 0.25) is 5.91 Å². The molecule has 1 amide bonds. The summed E-state index contributed by atoms with van der Waals surface area (Å²) in [6.45, 7) is 8.99. The Labute approximate surface area is 168 Å². The first-order valence-electron chi connectivity index (χ1n) is 9.82. The molecule has 5 nitrogen and oxygen atoms in total. The maximum Gasteiger partial charge on any atom is 0.220 e. The smallest absolute Gasteiger partial charge is 0.220 e. The van der Waals surface area contributed by atoms with Crippen molar-refractivity contribution in [2.24, 2.45) is 0 Å². The van der Waals surface area contributed by atoms with E-state index in [4.69, 9.17) is 4.74 Å². The molecule has 1 aromatic heterocycles. The van der Waals surface area contributed by atoms with Crippen LogP contribution in [0.1, 0.15) is 50.3 Å². The van der Waals surface area contributed by atoms with Crippen LogP contribution >= 0.6 is 0 Å². The van der Waals surface area contributed by atoms with Crippen molar-refractivity contribution in [3.8, 4) is 5.75 Å². The highest BCUT2D eigenvalue weighted by atomic mass is 16.5. The zero-order valence-corrected chi connectivity index (χ0v) is 17.4. The maximum absolute atomic E-state index is 12.1. The predicted molar refractivity (Wildman–Crippen MR) is 112 cm³/mol. The number of benzene rings is 1. The van der Waals surface area contributed by atoms with Gasteiger partial charge in [-0.1, -0.05) is 39.0 Å². The Kier molecular flexibility index (Phi) is 8.00. The summed E-state index contributed by atoms with van der Waals surface area (Å²) in [6, 6.07) is 9.74. The second-order valence-electron chi connectivity index (χ2n) is 8.19. The molecule has 0 aliphatic carbocycles. The van der Waals surface area contributed by atoms with Crippen molar-refractivity contribution in [2.75, 3.05) is 13.2 Å². The van der Waals surface area contributed by atoms with Gasteiger partial charge in [-0.25, -0.2) is 0 Å². The van der Waals surface area contributed by atoms with E-state index in [9.17, 15) is 9.90 Å². The summed E-state index contributed by atoms with van der Waals surface area (Å²) in [6.07, 6.45) is 5.00. The van der Waals surface area contributed by atoms with Crippen LogP contribution in [0.2, 0.25) is 0 Å². The molecule has 0 saturated heterocycles. The van der Waals surface area contributed by atoms with E-state index in [0.717, 1.165) is 16.9 Å². The number of aromatic nitrogens is 1. The van der Waals surface area contributed by atoms with E-state index in [1.165, 1.54) is 5.56 Å². The summed E-state index contributed by atoms with van der Waals surface area (Å²) in [5.41, 5.74) is 3.48. The lowest BCUT2D eigenvalue weighted by atomic mass is 9.86. The quantitative estimate of drug-likeness (QED) is 0.649. The van der Waals surface area contributed by atoms with Gasteiger partial charge < -0.3 is 15.2 Å². The van der Waals surface area contributed by atoms with E-state index in [1.54, 1.807) is 12.4 Å². The molecule has 5 heteroatoms. The van der Waals surface area contributed by atoms with Crippen LogP contribution < -0.4 is 10.1 Å². The molecule has 1 aromatic carbocycles. The van der Waals surface area contributed by atoms with Crippen LogP contribution in [0.5, 0.6) is 5.75 Å². The lowest BCUT2D eigenvalue weighted by Crippen LogP contribution is -2.39. The number of pyridine rings is 1. The van der Waals surface area contributed by atoms with Crippen molar-refractivity contribution in [2.45, 2.75) is 58.4 Å². The number of amides is 1. The monoisotopic (exact) mass is 384 g/mol. The second-order valence-corrected chi connectivity index (χ2v) is 8.19. The summed E-state index contributed by atoms with van der Waals surface area (Å²) >= 11 is 0. The van der Waals surface area contributed by atoms with Crippen molar-refractivity contribution in [1.29, 1.82) is 0 Å². The first-order valence-corrected chi connectivity index (χ1v) is 9.82. The lowest BCUT2D eigenvalue weighted by molar-refractivity contribution is -0.122. The normalized spacial score (nSPS) is 12.5. The fourth-order valence-electron chi connectivity index (χ4n) is 2.96. The Morgan fingerprint density at radius 2 is 2.07 bits per heavy atom. The standard InChI is InChI=1S/C23H32N2O3/c1-17-13-19(23(2,3)4)9-10-21(17)28-12-6-8-22(27)25-20(16-26)14-18-7-5-11-24-15-18/h5,7,9-11,13,15,20,26H,6,8,12,14,16H2,1-4H3,(H,25,27). The predicted octanol–water partition coefficient (Wildman–Crippen LogP) is 3.57. The largest absolute Gasteiger partial charge is 0.493 e. The number of rotatable bonds is 9. The van der Waals surface area contributed by atoms with Crippen LogP contribution in [0.15, 0.2) is 42.7 Å². The highest BCUT2D eigenvalue weighted by molar-refractivity contribution is 5.76. The van der Waals surface area contributed by atoms with Crippen molar-refractivity contribution >= 4 is 5.91 Å². The van der Waals surface area contributed by atoms with Crippen LogP contribution in [0.3, 0.4) is 0 Å². The molecule has 2 aromatic rings. The van der Waals surface area contributed by atoms with Gasteiger partial charge in [0.15, 0.2) is 0 Å². The summed E-state index contributed by atoms with van der Waals surface area (Å²) in [5.74, 6) is 0.782. The summed E-state index contributed by atoms with van der Waals surface area (Å²) in [5, 5.41) is 12.4. The molecule has 2 rings (SSSR count). The molecule has 28 heavy (non-hydrogen) atoms. The molecule has 0 radical (unpaired) electrons. The number of aryl methyl sites for hydroxylation is 1. The van der Waals surface area contributed by atoms with Crippen LogP contribution in [0, 0.1) is 6.92 Å². The summed E-state index contributed by atoms with van der Waals surface area (Å²) < 4.78 is 5.84. The number of aliphatic hydroxyl groups is 1. The Morgan fingerprint density at radius 3 is 2.68 bits per heavy atom. The van der Waals surface area contributed by atoms with Crippen LogP contribution in [0.25, 0.3) is 0 Å². The van der Waals surface area contributed by atoms with Crippen LogP contribution in [-0.2, 0) is 16.6 Å². The molecule has 0 aliphatic heterocycles. The average molecular weight is 385 g/mol. The van der Waals surface area contributed by atoms with Gasteiger partial charge in [0.05, 0.1) is 19.3 Å². The Morgan fingerprint density at radius 1 is 1.29 bits per heavy atom. The van der Waals surface area contributed by atoms with E-state index >= 15 is 0 Å². The number of hydrogen-bond donors (Lipinski definition) is 2. The van der Waals surface area contributed by atoms with Crippen molar-refractivity contribution in [3.05, 3.63) is 59.4 Å². The van der Waals surface area contributed by atoms with Gasteiger partial charge in [-0.2, -0.15) is 0 Å². The molecular weight excluding hydrogens is 352 g/mol. The minimum Gasteiger partial charge on any atom is -0.493 e. The third-order valence-electron chi connectivity index (χ3n) is 4.64. The number of ether oxygens (including phenoxy) is 1. The zero-order chi connectivity index (χ0) is 20.6. The highest BCUT2D eigenvalue weighted by Gasteiger charge is 2.15. The number of carbonyl (C=O) groups is 1. The van der Waals surface area contributed by atoms with Crippen LogP contribution in [-0.4, -0.2) is 35.3 Å². The number of hydrogen-bond acceptors (Lipinski definition) is 4. The first-order chi connectivity index (χ1) is 13.3. The fourth-order valence-corrected chi connectivity index (χ4v) is 2.96. The molecule has 2 N–H and O–H groups in total. The topological polar surface area (TPSA) is 71.5 Å². The van der Waals surface area contributed by atoms with E-state index in [2.05, 4.69) is 43.2 Å². The van der Waals surface area contributed by atoms with Gasteiger partial charge >= 0.3 is 0 Å². The molecule has 152 valence electrons. The first kappa shape index (κ1) is 21.9. The van der Waals surface area contributed by atoms with E-state index in [1.807, 2.05) is 25.1 Å². The van der Waals surface area contributed by atoms with Gasteiger partial charge in [-0.05, 0) is 54.0 Å². The average Bonchev–Trinajstić information content (AvgIpc) is 2.65. The molecule has 1 atom stereocenters. The van der Waals surface area contributed by atoms with Gasteiger partial charge in [-0.3, -0.25) is 9.78 Å². The van der Waals surface area contributed by atoms with E-state index in [-0.39, 0.29) is 24.0 Å². The minimum atomic E-state index is -0.301. The lowest BCUT2D eigenvalue weighted by Gasteiger charge is -2.20. The number of nitrogens with one attached hydrogen (secondary N) is 1. The zero-order valence-electron chi connectivity index (χ0n) is 17.4. The minimum absolute atomic E-state index is 0.0775. The Hall–Kier alpha value is -2.40. The Bertz CT molecular complexity index is 754. The Balaban J connectivity index is 1.74. The molecule has 0 fully saturated rings.